The normalized spacial score (nSPS) is 11.0. The average molecular weight is 589 g/mol. The van der Waals surface area contributed by atoms with Gasteiger partial charge >= 0.3 is 0 Å². The second kappa shape index (κ2) is 9.79. The summed E-state index contributed by atoms with van der Waals surface area (Å²) in [6.07, 6.45) is 0. The van der Waals surface area contributed by atoms with E-state index >= 15 is 0 Å². The Hall–Kier alpha value is -2.13. The van der Waals surface area contributed by atoms with Crippen LogP contribution >= 0.6 is 55.4 Å². The van der Waals surface area contributed by atoms with Crippen molar-refractivity contribution in [3.63, 3.8) is 0 Å². The highest BCUT2D eigenvalue weighted by atomic mass is 79.9. The van der Waals surface area contributed by atoms with E-state index in [1.807, 2.05) is 60.7 Å². The SMILES string of the molecule is CC(C)c1ccc(C(=O)NC(=S)Nc2c(Br)cc(Br)cc2-c2nc3ccccc3s2)cc1. The van der Waals surface area contributed by atoms with Crippen LogP contribution in [0.25, 0.3) is 20.8 Å². The molecule has 0 aliphatic carbocycles. The monoisotopic (exact) mass is 587 g/mol. The number of hydrogen-bond acceptors (Lipinski definition) is 4. The number of carbonyl (C=O) groups excluding carboxylic acids is 1. The third kappa shape index (κ3) is 5.09. The Labute approximate surface area is 212 Å². The van der Waals surface area contributed by atoms with E-state index in [2.05, 4.69) is 56.3 Å². The number of rotatable bonds is 4. The Morgan fingerprint density at radius 1 is 1.06 bits per heavy atom. The summed E-state index contributed by atoms with van der Waals surface area (Å²) in [5.41, 5.74) is 4.30. The van der Waals surface area contributed by atoms with E-state index in [-0.39, 0.29) is 11.0 Å². The van der Waals surface area contributed by atoms with Crippen molar-refractivity contribution in [3.05, 3.63) is 80.7 Å². The molecule has 0 saturated heterocycles. The molecule has 32 heavy (non-hydrogen) atoms. The van der Waals surface area contributed by atoms with E-state index in [0.29, 0.717) is 11.5 Å². The smallest absolute Gasteiger partial charge is 0.257 e. The summed E-state index contributed by atoms with van der Waals surface area (Å²) in [6, 6.07) is 19.5. The molecule has 0 aliphatic heterocycles. The largest absolute Gasteiger partial charge is 0.331 e. The molecule has 4 rings (SSSR count). The predicted octanol–water partition coefficient (Wildman–Crippen LogP) is 7.74. The number of nitrogens with zero attached hydrogens (tertiary/aromatic N) is 1. The highest BCUT2D eigenvalue weighted by Gasteiger charge is 2.17. The van der Waals surface area contributed by atoms with Crippen molar-refractivity contribution < 1.29 is 4.79 Å². The molecule has 0 saturated carbocycles. The van der Waals surface area contributed by atoms with Gasteiger partial charge in [0.2, 0.25) is 0 Å². The van der Waals surface area contributed by atoms with Crippen LogP contribution in [0.15, 0.2) is 69.6 Å². The molecule has 0 spiro atoms. The first-order valence-electron chi connectivity index (χ1n) is 9.89. The molecule has 3 aromatic carbocycles. The van der Waals surface area contributed by atoms with E-state index < -0.39 is 0 Å². The summed E-state index contributed by atoms with van der Waals surface area (Å²) >= 11 is 14.2. The third-order valence-corrected chi connectivity index (χ3v) is 7.24. The molecule has 4 nitrogen and oxygen atoms in total. The molecule has 0 aliphatic rings. The zero-order valence-corrected chi connectivity index (χ0v) is 22.1. The number of fused-ring (bicyclic) bond motifs is 1. The molecule has 0 unspecified atom stereocenters. The lowest BCUT2D eigenvalue weighted by molar-refractivity contribution is 0.0977. The van der Waals surface area contributed by atoms with Crippen molar-refractivity contribution in [2.45, 2.75) is 19.8 Å². The number of nitrogens with one attached hydrogen (secondary N) is 2. The van der Waals surface area contributed by atoms with Gasteiger partial charge in [-0.3, -0.25) is 10.1 Å². The van der Waals surface area contributed by atoms with Crippen LogP contribution in [0.1, 0.15) is 35.7 Å². The van der Waals surface area contributed by atoms with Gasteiger partial charge in [0, 0.05) is 20.1 Å². The molecule has 4 aromatic rings. The highest BCUT2D eigenvalue weighted by Crippen LogP contribution is 2.40. The first kappa shape index (κ1) is 23.0. The van der Waals surface area contributed by atoms with Gasteiger partial charge in [0.25, 0.3) is 5.91 Å². The summed E-state index contributed by atoms with van der Waals surface area (Å²) in [5.74, 6) is 0.151. The van der Waals surface area contributed by atoms with E-state index in [1.54, 1.807) is 11.3 Å². The third-order valence-electron chi connectivity index (χ3n) is 4.88. The van der Waals surface area contributed by atoms with Crippen molar-refractivity contribution in [2.24, 2.45) is 0 Å². The summed E-state index contributed by atoms with van der Waals surface area (Å²) in [5, 5.41) is 7.02. The van der Waals surface area contributed by atoms with Crippen molar-refractivity contribution in [1.82, 2.24) is 10.3 Å². The van der Waals surface area contributed by atoms with Gasteiger partial charge in [-0.15, -0.1) is 11.3 Å². The van der Waals surface area contributed by atoms with Gasteiger partial charge in [0.1, 0.15) is 5.01 Å². The number of amides is 1. The summed E-state index contributed by atoms with van der Waals surface area (Å²) in [6.45, 7) is 4.24. The first-order chi connectivity index (χ1) is 15.3. The van der Waals surface area contributed by atoms with E-state index in [9.17, 15) is 4.79 Å². The Morgan fingerprint density at radius 3 is 2.47 bits per heavy atom. The number of para-hydroxylation sites is 1. The first-order valence-corrected chi connectivity index (χ1v) is 12.7. The standard InChI is InChI=1S/C24H19Br2N3OS2/c1-13(2)14-7-9-15(10-8-14)22(30)29-24(31)28-21-17(11-16(25)12-18(21)26)23-27-19-5-3-4-6-20(19)32-23/h3-13H,1-2H3,(H2,28,29,30,31). The van der Waals surface area contributed by atoms with Crippen LogP contribution in [0.5, 0.6) is 0 Å². The van der Waals surface area contributed by atoms with Crippen LogP contribution in [0.2, 0.25) is 0 Å². The van der Waals surface area contributed by atoms with Gasteiger partial charge in [-0.25, -0.2) is 4.98 Å². The number of halogens is 2. The maximum Gasteiger partial charge on any atom is 0.257 e. The fourth-order valence-corrected chi connectivity index (χ4v) is 5.70. The summed E-state index contributed by atoms with van der Waals surface area (Å²) < 4.78 is 2.81. The molecule has 0 fully saturated rings. The predicted molar refractivity (Wildman–Crippen MR) is 145 cm³/mol. The number of aromatic nitrogens is 1. The number of anilines is 1. The molecule has 2 N–H and O–H groups in total. The average Bonchev–Trinajstić information content (AvgIpc) is 3.19. The van der Waals surface area contributed by atoms with Crippen LogP contribution < -0.4 is 10.6 Å². The zero-order chi connectivity index (χ0) is 22.8. The van der Waals surface area contributed by atoms with E-state index in [1.165, 1.54) is 5.56 Å². The fourth-order valence-electron chi connectivity index (χ4n) is 3.20. The molecular formula is C24H19Br2N3OS2. The minimum atomic E-state index is -0.257. The minimum absolute atomic E-state index is 0.216. The van der Waals surface area contributed by atoms with Crippen LogP contribution in [-0.4, -0.2) is 16.0 Å². The van der Waals surface area contributed by atoms with Gasteiger partial charge in [0.15, 0.2) is 5.11 Å². The van der Waals surface area contributed by atoms with Gasteiger partial charge in [-0.1, -0.05) is 54.0 Å². The van der Waals surface area contributed by atoms with E-state index in [4.69, 9.17) is 17.2 Å². The van der Waals surface area contributed by atoms with E-state index in [0.717, 1.165) is 35.4 Å². The van der Waals surface area contributed by atoms with Gasteiger partial charge < -0.3 is 5.32 Å². The van der Waals surface area contributed by atoms with Crippen molar-refractivity contribution in [3.8, 4) is 10.6 Å². The Kier molecular flexibility index (Phi) is 7.05. The summed E-state index contributed by atoms with van der Waals surface area (Å²) in [4.78, 5) is 17.4. The van der Waals surface area contributed by atoms with Crippen LogP contribution in [-0.2, 0) is 0 Å². The zero-order valence-electron chi connectivity index (χ0n) is 17.3. The molecule has 1 amide bonds. The lowest BCUT2D eigenvalue weighted by Crippen LogP contribution is -2.34. The van der Waals surface area contributed by atoms with Gasteiger partial charge in [-0.05, 0) is 76.0 Å². The number of thiazole rings is 1. The molecule has 0 radical (unpaired) electrons. The molecule has 1 aromatic heterocycles. The summed E-state index contributed by atoms with van der Waals surface area (Å²) in [7, 11) is 0. The molecule has 1 heterocycles. The van der Waals surface area contributed by atoms with Gasteiger partial charge in [0.05, 0.1) is 15.9 Å². The number of thiocarbonyl (C=S) groups is 1. The topological polar surface area (TPSA) is 54.0 Å². The highest BCUT2D eigenvalue weighted by molar-refractivity contribution is 9.11. The maximum absolute atomic E-state index is 12.7. The van der Waals surface area contributed by atoms with Crippen LogP contribution in [0, 0.1) is 0 Å². The Bertz CT molecular complexity index is 1280. The number of hydrogen-bond donors (Lipinski definition) is 2. The van der Waals surface area contributed by atoms with Crippen LogP contribution in [0.3, 0.4) is 0 Å². The van der Waals surface area contributed by atoms with Crippen molar-refractivity contribution >= 4 is 82.3 Å². The van der Waals surface area contributed by atoms with Crippen LogP contribution in [0.4, 0.5) is 5.69 Å². The maximum atomic E-state index is 12.7. The van der Waals surface area contributed by atoms with Crippen molar-refractivity contribution in [1.29, 1.82) is 0 Å². The molecule has 0 bridgehead atoms. The second-order valence-corrected chi connectivity index (χ2v) is 10.7. The molecule has 8 heteroatoms. The molecule has 162 valence electrons. The van der Waals surface area contributed by atoms with Crippen molar-refractivity contribution in [2.75, 3.05) is 5.32 Å². The lowest BCUT2D eigenvalue weighted by atomic mass is 10.0. The number of benzene rings is 3. The molecule has 0 atom stereocenters. The minimum Gasteiger partial charge on any atom is -0.331 e. The lowest BCUT2D eigenvalue weighted by Gasteiger charge is -2.15. The van der Waals surface area contributed by atoms with Gasteiger partial charge in [-0.2, -0.15) is 0 Å². The fraction of sp³-hybridized carbons (Fsp3) is 0.125. The Balaban J connectivity index is 1.58. The quantitative estimate of drug-likeness (QED) is 0.239. The number of carbonyl (C=O) groups is 1. The Morgan fingerprint density at radius 2 is 1.78 bits per heavy atom. The molecular weight excluding hydrogens is 570 g/mol. The second-order valence-electron chi connectivity index (χ2n) is 7.48.